The summed E-state index contributed by atoms with van der Waals surface area (Å²) in [4.78, 5) is 0. The van der Waals surface area contributed by atoms with Gasteiger partial charge in [0.15, 0.2) is 17.4 Å². The average molecular weight is 368 g/mol. The molecule has 0 heterocycles. The van der Waals surface area contributed by atoms with E-state index in [9.17, 15) is 8.78 Å². The zero-order valence-corrected chi connectivity index (χ0v) is 14.2. The van der Waals surface area contributed by atoms with Gasteiger partial charge in [-0.3, -0.25) is 0 Å². The topological polar surface area (TPSA) is 78.9 Å². The third-order valence-corrected chi connectivity index (χ3v) is 3.49. The summed E-state index contributed by atoms with van der Waals surface area (Å²) in [5.41, 5.74) is 1.70. The number of ether oxygens (including phenoxy) is 1. The lowest BCUT2D eigenvalue weighted by molar-refractivity contribution is 0.396. The third kappa shape index (κ3) is 4.69. The molecule has 3 aromatic rings. The van der Waals surface area contributed by atoms with Crippen molar-refractivity contribution in [1.82, 2.24) is 0 Å². The van der Waals surface area contributed by atoms with E-state index in [1.807, 2.05) is 0 Å². The summed E-state index contributed by atoms with van der Waals surface area (Å²) >= 11 is 0. The smallest absolute Gasteiger partial charge is 0.187 e. The molecule has 0 saturated carbocycles. The minimum Gasteiger partial charge on any atom is -0.503 e. The van der Waals surface area contributed by atoms with Crippen LogP contribution in [0, 0.1) is 11.6 Å². The van der Waals surface area contributed by atoms with Gasteiger partial charge in [0.05, 0.1) is 29.9 Å². The van der Waals surface area contributed by atoms with Gasteiger partial charge in [0, 0.05) is 12.1 Å². The van der Waals surface area contributed by atoms with Gasteiger partial charge >= 0.3 is 0 Å². The first-order chi connectivity index (χ1) is 13.0. The molecule has 0 bridgehead atoms. The number of hydrogen-bond donors (Lipinski definition) is 1. The summed E-state index contributed by atoms with van der Waals surface area (Å²) in [6, 6.07) is 15.5. The predicted molar refractivity (Wildman–Crippen MR) is 95.8 cm³/mol. The van der Waals surface area contributed by atoms with Gasteiger partial charge in [-0.2, -0.15) is 20.5 Å². The Hall–Kier alpha value is -3.68. The van der Waals surface area contributed by atoms with E-state index in [1.165, 1.54) is 0 Å². The monoisotopic (exact) mass is 368 g/mol. The van der Waals surface area contributed by atoms with Gasteiger partial charge in [-0.25, -0.2) is 8.78 Å². The van der Waals surface area contributed by atoms with Crippen LogP contribution < -0.4 is 4.74 Å². The molecule has 0 aliphatic rings. The fraction of sp³-hybridized carbons (Fsp3) is 0.0526. The highest BCUT2D eigenvalue weighted by Crippen LogP contribution is 2.28. The van der Waals surface area contributed by atoms with Crippen LogP contribution in [0.4, 0.5) is 31.5 Å². The Morgan fingerprint density at radius 3 is 1.44 bits per heavy atom. The van der Waals surface area contributed by atoms with Crippen molar-refractivity contribution in [3.05, 3.63) is 72.3 Å². The minimum absolute atomic E-state index is 0.0499. The molecule has 136 valence electrons. The summed E-state index contributed by atoms with van der Waals surface area (Å²) in [6.07, 6.45) is 0. The first-order valence-electron chi connectivity index (χ1n) is 7.81. The van der Waals surface area contributed by atoms with Gasteiger partial charge in [-0.05, 0) is 48.5 Å². The van der Waals surface area contributed by atoms with Crippen LogP contribution in [0.25, 0.3) is 0 Å². The largest absolute Gasteiger partial charge is 0.503 e. The number of halogens is 2. The van der Waals surface area contributed by atoms with Gasteiger partial charge in [0.25, 0.3) is 0 Å². The quantitative estimate of drug-likeness (QED) is 0.521. The van der Waals surface area contributed by atoms with E-state index < -0.39 is 17.4 Å². The lowest BCUT2D eigenvalue weighted by atomic mass is 10.3. The summed E-state index contributed by atoms with van der Waals surface area (Å²) in [6.45, 7) is 0. The Morgan fingerprint density at radius 2 is 1.04 bits per heavy atom. The van der Waals surface area contributed by atoms with Gasteiger partial charge in [0.2, 0.25) is 0 Å². The van der Waals surface area contributed by atoms with E-state index >= 15 is 0 Å². The fourth-order valence-electron chi connectivity index (χ4n) is 2.08. The highest BCUT2D eigenvalue weighted by molar-refractivity contribution is 5.49. The van der Waals surface area contributed by atoms with Gasteiger partial charge in [-0.15, -0.1) is 0 Å². The maximum absolute atomic E-state index is 13.3. The molecule has 0 unspecified atom stereocenters. The van der Waals surface area contributed by atoms with E-state index in [0.717, 1.165) is 17.9 Å². The Bertz CT molecular complexity index is 965. The average Bonchev–Trinajstić information content (AvgIpc) is 2.70. The molecule has 0 aromatic heterocycles. The number of phenolic OH excluding ortho intramolecular Hbond substituents is 1. The van der Waals surface area contributed by atoms with Crippen molar-refractivity contribution < 1.29 is 18.6 Å². The van der Waals surface area contributed by atoms with Crippen LogP contribution in [-0.2, 0) is 0 Å². The summed E-state index contributed by atoms with van der Waals surface area (Å²) in [7, 11) is 1.59. The molecule has 0 aliphatic heterocycles. The van der Waals surface area contributed by atoms with E-state index in [2.05, 4.69) is 20.5 Å². The first-order valence-corrected chi connectivity index (χ1v) is 7.81. The second-order valence-electron chi connectivity index (χ2n) is 5.37. The molecule has 0 spiro atoms. The SMILES string of the molecule is COc1ccc(N=Nc2ccc(N=Nc3cc(F)c(O)c(F)c3)cc2)cc1. The van der Waals surface area contributed by atoms with Crippen molar-refractivity contribution in [2.24, 2.45) is 20.5 Å². The highest BCUT2D eigenvalue weighted by atomic mass is 19.1. The van der Waals surface area contributed by atoms with Crippen LogP contribution in [0.2, 0.25) is 0 Å². The van der Waals surface area contributed by atoms with Gasteiger partial charge < -0.3 is 9.84 Å². The number of aromatic hydroxyl groups is 1. The number of rotatable bonds is 5. The molecular weight excluding hydrogens is 354 g/mol. The molecule has 3 aromatic carbocycles. The Balaban J connectivity index is 1.68. The Morgan fingerprint density at radius 1 is 0.667 bits per heavy atom. The second kappa shape index (κ2) is 8.13. The van der Waals surface area contributed by atoms with Crippen molar-refractivity contribution in [2.45, 2.75) is 0 Å². The molecule has 8 heteroatoms. The van der Waals surface area contributed by atoms with Crippen LogP contribution in [0.15, 0.2) is 81.1 Å². The third-order valence-electron chi connectivity index (χ3n) is 3.49. The van der Waals surface area contributed by atoms with Crippen molar-refractivity contribution in [1.29, 1.82) is 0 Å². The molecule has 0 radical (unpaired) electrons. The molecular formula is C19H14F2N4O2. The fourth-order valence-corrected chi connectivity index (χ4v) is 2.08. The number of phenols is 1. The first kappa shape index (κ1) is 18.1. The zero-order chi connectivity index (χ0) is 19.2. The van der Waals surface area contributed by atoms with Gasteiger partial charge in [0.1, 0.15) is 5.75 Å². The maximum Gasteiger partial charge on any atom is 0.187 e. The Labute approximate surface area is 153 Å². The molecule has 0 saturated heterocycles. The lowest BCUT2D eigenvalue weighted by Gasteiger charge is -1.99. The standard InChI is InChI=1S/C19H14F2N4O2/c1-27-16-8-6-14(7-9-16)23-22-12-2-4-13(5-3-12)24-25-15-10-17(20)19(26)18(21)11-15/h2-11,26H,1H3. The summed E-state index contributed by atoms with van der Waals surface area (Å²) in [5.74, 6) is -2.51. The van der Waals surface area contributed by atoms with Crippen LogP contribution >= 0.6 is 0 Å². The molecule has 0 aliphatic carbocycles. The molecule has 0 atom stereocenters. The molecule has 1 N–H and O–H groups in total. The van der Waals surface area contributed by atoms with Crippen molar-refractivity contribution in [3.8, 4) is 11.5 Å². The normalized spacial score (nSPS) is 11.4. The van der Waals surface area contributed by atoms with Crippen molar-refractivity contribution in [3.63, 3.8) is 0 Å². The molecule has 0 amide bonds. The number of nitrogens with zero attached hydrogens (tertiary/aromatic N) is 4. The number of methoxy groups -OCH3 is 1. The molecule has 0 fully saturated rings. The minimum atomic E-state index is -1.10. The molecule has 6 nitrogen and oxygen atoms in total. The highest BCUT2D eigenvalue weighted by Gasteiger charge is 2.09. The van der Waals surface area contributed by atoms with Crippen LogP contribution in [0.5, 0.6) is 11.5 Å². The second-order valence-corrected chi connectivity index (χ2v) is 5.37. The zero-order valence-electron chi connectivity index (χ0n) is 14.2. The van der Waals surface area contributed by atoms with E-state index in [4.69, 9.17) is 9.84 Å². The van der Waals surface area contributed by atoms with Crippen LogP contribution in [0.1, 0.15) is 0 Å². The van der Waals surface area contributed by atoms with Crippen LogP contribution in [-0.4, -0.2) is 12.2 Å². The molecule has 3 rings (SSSR count). The van der Waals surface area contributed by atoms with E-state index in [-0.39, 0.29) is 5.69 Å². The summed E-state index contributed by atoms with van der Waals surface area (Å²) < 4.78 is 31.6. The Kier molecular flexibility index (Phi) is 5.46. The predicted octanol–water partition coefficient (Wildman–Crippen LogP) is 6.51. The number of hydrogen-bond acceptors (Lipinski definition) is 6. The lowest BCUT2D eigenvalue weighted by Crippen LogP contribution is -1.81. The maximum atomic E-state index is 13.3. The molecule has 27 heavy (non-hydrogen) atoms. The number of azo groups is 2. The summed E-state index contributed by atoms with van der Waals surface area (Å²) in [5, 5.41) is 24.9. The van der Waals surface area contributed by atoms with Crippen molar-refractivity contribution >= 4 is 22.7 Å². The van der Waals surface area contributed by atoms with Gasteiger partial charge in [-0.1, -0.05) is 0 Å². The van der Waals surface area contributed by atoms with Crippen LogP contribution in [0.3, 0.4) is 0 Å². The van der Waals surface area contributed by atoms with Crippen molar-refractivity contribution in [2.75, 3.05) is 7.11 Å². The van der Waals surface area contributed by atoms with E-state index in [1.54, 1.807) is 55.6 Å². The van der Waals surface area contributed by atoms with E-state index in [0.29, 0.717) is 17.1 Å². The number of benzene rings is 3.